The molecule has 1 saturated heterocycles. The summed E-state index contributed by atoms with van der Waals surface area (Å²) >= 11 is 4.44. The molecule has 0 spiro atoms. The molecule has 100 valence electrons. The van der Waals surface area contributed by atoms with E-state index in [-0.39, 0.29) is 10.1 Å². The van der Waals surface area contributed by atoms with Gasteiger partial charge >= 0.3 is 0 Å². The molecule has 0 aromatic carbocycles. The van der Waals surface area contributed by atoms with Crippen LogP contribution in [0.3, 0.4) is 0 Å². The van der Waals surface area contributed by atoms with Crippen LogP contribution in [0.25, 0.3) is 0 Å². The normalized spacial score (nSPS) is 20.8. The van der Waals surface area contributed by atoms with E-state index in [9.17, 15) is 13.2 Å². The van der Waals surface area contributed by atoms with Crippen molar-refractivity contribution in [2.24, 2.45) is 0 Å². The molecule has 0 bridgehead atoms. The number of rotatable bonds is 3. The number of aryl methyl sites for hydroxylation is 1. The maximum Gasteiger partial charge on any atom is 0.250 e. The van der Waals surface area contributed by atoms with Gasteiger partial charge in [0.05, 0.1) is 3.79 Å². The van der Waals surface area contributed by atoms with Gasteiger partial charge in [-0.3, -0.25) is 4.79 Å². The van der Waals surface area contributed by atoms with E-state index in [0.29, 0.717) is 13.0 Å². The van der Waals surface area contributed by atoms with Crippen LogP contribution >= 0.6 is 27.3 Å². The first kappa shape index (κ1) is 14.0. The van der Waals surface area contributed by atoms with E-state index in [1.807, 2.05) is 6.92 Å². The molecule has 1 atom stereocenters. The Hall–Kier alpha value is -0.440. The summed E-state index contributed by atoms with van der Waals surface area (Å²) < 4.78 is 27.7. The Morgan fingerprint density at radius 3 is 2.83 bits per heavy atom. The molecule has 0 saturated carbocycles. The highest BCUT2D eigenvalue weighted by Crippen LogP contribution is 2.30. The lowest BCUT2D eigenvalue weighted by Gasteiger charge is -2.22. The number of hydrogen-bond donors (Lipinski definition) is 2. The fourth-order valence-electron chi connectivity index (χ4n) is 1.69. The lowest BCUT2D eigenvalue weighted by molar-refractivity contribution is -0.124. The van der Waals surface area contributed by atoms with Crippen molar-refractivity contribution in [3.63, 3.8) is 0 Å². The fourth-order valence-corrected chi connectivity index (χ4v) is 5.17. The number of hydrogen-bond acceptors (Lipinski definition) is 4. The van der Waals surface area contributed by atoms with Gasteiger partial charge in [-0.25, -0.2) is 8.42 Å². The van der Waals surface area contributed by atoms with E-state index in [4.69, 9.17) is 0 Å². The summed E-state index contributed by atoms with van der Waals surface area (Å²) in [6.45, 7) is 2.44. The maximum absolute atomic E-state index is 12.1. The summed E-state index contributed by atoms with van der Waals surface area (Å²) in [7, 11) is -3.62. The quantitative estimate of drug-likeness (QED) is 0.862. The fraction of sp³-hybridized carbons (Fsp3) is 0.500. The topological polar surface area (TPSA) is 75.3 Å². The van der Waals surface area contributed by atoms with Gasteiger partial charge in [0.1, 0.15) is 10.3 Å². The van der Waals surface area contributed by atoms with E-state index >= 15 is 0 Å². The Kier molecular flexibility index (Phi) is 4.10. The van der Waals surface area contributed by atoms with Crippen molar-refractivity contribution in [2.75, 3.05) is 6.54 Å². The van der Waals surface area contributed by atoms with Gasteiger partial charge in [-0.05, 0) is 47.3 Å². The summed E-state index contributed by atoms with van der Waals surface area (Å²) in [5.41, 5.74) is 0.869. The van der Waals surface area contributed by atoms with E-state index < -0.39 is 16.1 Å². The summed E-state index contributed by atoms with van der Waals surface area (Å²) in [5.74, 6) is -0.253. The Morgan fingerprint density at radius 1 is 1.56 bits per heavy atom. The van der Waals surface area contributed by atoms with Crippen molar-refractivity contribution in [1.29, 1.82) is 0 Å². The van der Waals surface area contributed by atoms with Crippen LogP contribution < -0.4 is 10.0 Å². The lowest BCUT2D eigenvalue weighted by Crippen LogP contribution is -2.49. The van der Waals surface area contributed by atoms with E-state index in [1.54, 1.807) is 6.07 Å². The summed E-state index contributed by atoms with van der Waals surface area (Å²) in [6.07, 6.45) is 1.32. The highest BCUT2D eigenvalue weighted by Gasteiger charge is 2.28. The van der Waals surface area contributed by atoms with Crippen LogP contribution in [0, 0.1) is 6.92 Å². The predicted octanol–water partition coefficient (Wildman–Crippen LogP) is 1.38. The molecule has 0 radical (unpaired) electrons. The van der Waals surface area contributed by atoms with Crippen molar-refractivity contribution in [3.8, 4) is 0 Å². The minimum atomic E-state index is -3.62. The second-order valence-corrected chi connectivity index (χ2v) is 8.44. The smallest absolute Gasteiger partial charge is 0.250 e. The molecule has 2 rings (SSSR count). The van der Waals surface area contributed by atoms with Crippen molar-refractivity contribution in [3.05, 3.63) is 15.4 Å². The van der Waals surface area contributed by atoms with Crippen LogP contribution in [0.2, 0.25) is 0 Å². The van der Waals surface area contributed by atoms with Crippen LogP contribution in [0.4, 0.5) is 0 Å². The van der Waals surface area contributed by atoms with Crippen molar-refractivity contribution >= 4 is 43.2 Å². The van der Waals surface area contributed by atoms with Gasteiger partial charge < -0.3 is 5.32 Å². The van der Waals surface area contributed by atoms with Gasteiger partial charge in [-0.15, -0.1) is 11.3 Å². The molecule has 1 fully saturated rings. The molecular formula is C10H13BrN2O3S2. The second-order valence-electron chi connectivity index (χ2n) is 4.13. The molecule has 2 N–H and O–H groups in total. The van der Waals surface area contributed by atoms with Gasteiger partial charge in [0, 0.05) is 6.54 Å². The van der Waals surface area contributed by atoms with Gasteiger partial charge in [-0.1, -0.05) is 0 Å². The molecule has 0 aliphatic carbocycles. The number of carbonyl (C=O) groups is 1. The Balaban J connectivity index is 2.19. The molecule has 1 aromatic rings. The molecule has 1 aliphatic rings. The first-order valence-electron chi connectivity index (χ1n) is 5.46. The Bertz CT molecular complexity index is 548. The van der Waals surface area contributed by atoms with E-state index in [2.05, 4.69) is 26.0 Å². The molecule has 1 aromatic heterocycles. The highest BCUT2D eigenvalue weighted by molar-refractivity contribution is 9.11. The van der Waals surface area contributed by atoms with Gasteiger partial charge in [0.25, 0.3) is 10.0 Å². The standard InChI is InChI=1S/C10H13BrN2O3S2/c1-6-5-8(17-9(6)11)18(15,16)13-7-3-2-4-12-10(7)14/h5,7,13H,2-4H2,1H3,(H,12,14). The van der Waals surface area contributed by atoms with Crippen molar-refractivity contribution in [2.45, 2.75) is 30.0 Å². The minimum Gasteiger partial charge on any atom is -0.355 e. The molecule has 1 amide bonds. The van der Waals surface area contributed by atoms with Crippen LogP contribution in [-0.4, -0.2) is 26.9 Å². The van der Waals surface area contributed by atoms with E-state index in [1.165, 1.54) is 0 Å². The molecule has 1 unspecified atom stereocenters. The Labute approximate surface area is 118 Å². The average Bonchev–Trinajstić information content (AvgIpc) is 2.63. The number of thiophene rings is 1. The summed E-state index contributed by atoms with van der Waals surface area (Å²) in [5, 5.41) is 2.65. The minimum absolute atomic E-state index is 0.227. The zero-order chi connectivity index (χ0) is 13.3. The molecule has 5 nitrogen and oxygen atoms in total. The van der Waals surface area contributed by atoms with Crippen LogP contribution in [0.5, 0.6) is 0 Å². The molecule has 2 heterocycles. The second kappa shape index (κ2) is 5.28. The first-order valence-corrected chi connectivity index (χ1v) is 8.55. The number of halogens is 1. The predicted molar refractivity (Wildman–Crippen MR) is 73.1 cm³/mol. The third-order valence-electron chi connectivity index (χ3n) is 2.68. The number of amides is 1. The number of carbonyl (C=O) groups excluding carboxylic acids is 1. The van der Waals surface area contributed by atoms with Crippen LogP contribution in [0.1, 0.15) is 18.4 Å². The summed E-state index contributed by atoms with van der Waals surface area (Å²) in [4.78, 5) is 11.5. The molecule has 18 heavy (non-hydrogen) atoms. The SMILES string of the molecule is Cc1cc(S(=O)(=O)NC2CCCNC2=O)sc1Br. The molecule has 8 heteroatoms. The average molecular weight is 353 g/mol. The van der Waals surface area contributed by atoms with Gasteiger partial charge in [0.2, 0.25) is 5.91 Å². The van der Waals surface area contributed by atoms with Gasteiger partial charge in [0.15, 0.2) is 0 Å². The number of piperidine rings is 1. The Morgan fingerprint density at radius 2 is 2.28 bits per heavy atom. The first-order chi connectivity index (χ1) is 8.40. The third-order valence-corrected chi connectivity index (χ3v) is 6.76. The van der Waals surface area contributed by atoms with Crippen LogP contribution in [-0.2, 0) is 14.8 Å². The van der Waals surface area contributed by atoms with E-state index in [0.717, 1.165) is 27.1 Å². The van der Waals surface area contributed by atoms with Gasteiger partial charge in [-0.2, -0.15) is 4.72 Å². The third kappa shape index (κ3) is 2.93. The summed E-state index contributed by atoms with van der Waals surface area (Å²) in [6, 6.07) is 0.933. The maximum atomic E-state index is 12.1. The van der Waals surface area contributed by atoms with Crippen molar-refractivity contribution in [1.82, 2.24) is 10.0 Å². The lowest BCUT2D eigenvalue weighted by atomic mass is 10.1. The molecule has 1 aliphatic heterocycles. The zero-order valence-corrected chi connectivity index (χ0v) is 12.9. The molecular weight excluding hydrogens is 340 g/mol. The number of sulfonamides is 1. The highest BCUT2D eigenvalue weighted by atomic mass is 79.9. The zero-order valence-electron chi connectivity index (χ0n) is 9.70. The number of nitrogens with one attached hydrogen (secondary N) is 2. The van der Waals surface area contributed by atoms with Crippen LogP contribution in [0.15, 0.2) is 14.1 Å². The monoisotopic (exact) mass is 352 g/mol. The largest absolute Gasteiger partial charge is 0.355 e. The van der Waals surface area contributed by atoms with Crippen molar-refractivity contribution < 1.29 is 13.2 Å².